The molecular weight excluding hydrogens is 282 g/mol. The number of rotatable bonds is 5. The number of ketones is 1. The van der Waals surface area contributed by atoms with Gasteiger partial charge in [0.05, 0.1) is 0 Å². The smallest absolute Gasteiger partial charge is 0.332 e. The molecule has 0 radical (unpaired) electrons. The zero-order valence-electron chi connectivity index (χ0n) is 13.4. The normalized spacial score (nSPS) is 17.5. The Morgan fingerprint density at radius 2 is 1.91 bits per heavy atom. The first kappa shape index (κ1) is 16.2. The van der Waals surface area contributed by atoms with E-state index in [0.29, 0.717) is 0 Å². The summed E-state index contributed by atoms with van der Waals surface area (Å²) in [5, 5.41) is 0. The number of hydrogen-bond donors (Lipinski definition) is 0. The Balaban J connectivity index is 2.15. The van der Waals surface area contributed by atoms with E-state index in [2.05, 4.69) is 24.7 Å². The predicted octanol–water partition coefficient (Wildman–Crippen LogP) is 2.06. The molecule has 0 saturated heterocycles. The number of hydrogen-bond acceptors (Lipinski definition) is 5. The highest BCUT2D eigenvalue weighted by Crippen LogP contribution is 2.46. The van der Waals surface area contributed by atoms with Gasteiger partial charge in [0, 0.05) is 37.0 Å². The van der Waals surface area contributed by atoms with Gasteiger partial charge in [0.2, 0.25) is 0 Å². The summed E-state index contributed by atoms with van der Waals surface area (Å²) in [5.74, 6) is -0.788. The standard InChI is InChI=1S/C17H21NO4/c1-17(2)13-7-5-6-8-14(13)18(3)15(17)9-12(19)10-22-16(20)11-21-4/h5-9H,10-11H2,1-4H3/b15-9-. The molecule has 0 N–H and O–H groups in total. The third kappa shape index (κ3) is 3.04. The van der Waals surface area contributed by atoms with E-state index in [1.165, 1.54) is 12.7 Å². The summed E-state index contributed by atoms with van der Waals surface area (Å²) in [6.45, 7) is 3.73. The van der Waals surface area contributed by atoms with Crippen molar-refractivity contribution in [2.45, 2.75) is 19.3 Å². The fourth-order valence-corrected chi connectivity index (χ4v) is 2.76. The first-order valence-electron chi connectivity index (χ1n) is 7.10. The van der Waals surface area contributed by atoms with Crippen LogP contribution in [0.3, 0.4) is 0 Å². The van der Waals surface area contributed by atoms with Gasteiger partial charge in [-0.1, -0.05) is 32.0 Å². The topological polar surface area (TPSA) is 55.8 Å². The monoisotopic (exact) mass is 303 g/mol. The number of carbonyl (C=O) groups is 2. The quantitative estimate of drug-likeness (QED) is 0.615. The van der Waals surface area contributed by atoms with Crippen molar-refractivity contribution in [1.29, 1.82) is 0 Å². The van der Waals surface area contributed by atoms with Crippen molar-refractivity contribution < 1.29 is 19.1 Å². The fourth-order valence-electron chi connectivity index (χ4n) is 2.76. The number of benzene rings is 1. The molecule has 5 nitrogen and oxygen atoms in total. The number of carbonyl (C=O) groups excluding carboxylic acids is 2. The Labute approximate surface area is 130 Å². The molecule has 118 valence electrons. The van der Waals surface area contributed by atoms with E-state index in [1.54, 1.807) is 6.08 Å². The third-order valence-electron chi connectivity index (χ3n) is 3.88. The van der Waals surface area contributed by atoms with Gasteiger partial charge in [-0.3, -0.25) is 4.79 Å². The molecule has 0 spiro atoms. The molecule has 0 bridgehead atoms. The van der Waals surface area contributed by atoms with Crippen LogP contribution in [0.2, 0.25) is 0 Å². The summed E-state index contributed by atoms with van der Waals surface area (Å²) in [6, 6.07) is 8.06. The molecule has 1 heterocycles. The van der Waals surface area contributed by atoms with Crippen LogP contribution in [0.25, 0.3) is 0 Å². The molecule has 0 amide bonds. The van der Waals surface area contributed by atoms with Crippen LogP contribution in [0.4, 0.5) is 5.69 Å². The Morgan fingerprint density at radius 1 is 1.23 bits per heavy atom. The minimum absolute atomic E-state index is 0.152. The predicted molar refractivity (Wildman–Crippen MR) is 83.8 cm³/mol. The summed E-state index contributed by atoms with van der Waals surface area (Å²) >= 11 is 0. The zero-order valence-corrected chi connectivity index (χ0v) is 13.4. The minimum atomic E-state index is -0.545. The van der Waals surface area contributed by atoms with Crippen LogP contribution in [0.15, 0.2) is 36.0 Å². The highest BCUT2D eigenvalue weighted by molar-refractivity contribution is 5.94. The first-order valence-corrected chi connectivity index (χ1v) is 7.10. The average Bonchev–Trinajstić information content (AvgIpc) is 2.67. The number of likely N-dealkylation sites (N-methyl/N-ethyl adjacent to an activating group) is 1. The number of fused-ring (bicyclic) bond motifs is 1. The number of ether oxygens (including phenoxy) is 2. The highest BCUT2D eigenvalue weighted by Gasteiger charge is 2.38. The van der Waals surface area contributed by atoms with Gasteiger partial charge in [-0.2, -0.15) is 0 Å². The van der Waals surface area contributed by atoms with E-state index in [0.717, 1.165) is 11.4 Å². The number of anilines is 1. The van der Waals surface area contributed by atoms with E-state index in [-0.39, 0.29) is 24.4 Å². The third-order valence-corrected chi connectivity index (χ3v) is 3.88. The SMILES string of the molecule is COCC(=O)OCC(=O)/C=C1\N(C)c2ccccc2C1(C)C. The van der Waals surface area contributed by atoms with Crippen LogP contribution in [0, 0.1) is 0 Å². The molecule has 1 aromatic carbocycles. The summed E-state index contributed by atoms with van der Waals surface area (Å²) in [7, 11) is 3.34. The molecule has 0 aromatic heterocycles. The van der Waals surface area contributed by atoms with Gasteiger partial charge in [-0.15, -0.1) is 0 Å². The second-order valence-electron chi connectivity index (χ2n) is 5.79. The van der Waals surface area contributed by atoms with Crippen LogP contribution in [-0.2, 0) is 24.5 Å². The molecule has 1 aromatic rings. The van der Waals surface area contributed by atoms with Crippen molar-refractivity contribution in [3.05, 3.63) is 41.6 Å². The van der Waals surface area contributed by atoms with Gasteiger partial charge in [-0.25, -0.2) is 4.79 Å². The van der Waals surface area contributed by atoms with Crippen LogP contribution >= 0.6 is 0 Å². The van der Waals surface area contributed by atoms with Crippen molar-refractivity contribution in [2.75, 3.05) is 32.3 Å². The second kappa shape index (κ2) is 6.32. The number of allylic oxidation sites excluding steroid dienone is 1. The van der Waals surface area contributed by atoms with Gasteiger partial charge < -0.3 is 14.4 Å². The van der Waals surface area contributed by atoms with E-state index in [4.69, 9.17) is 4.74 Å². The summed E-state index contributed by atoms with van der Waals surface area (Å²) in [4.78, 5) is 25.3. The lowest BCUT2D eigenvalue weighted by Gasteiger charge is -2.23. The maximum absolute atomic E-state index is 12.1. The molecule has 5 heteroatoms. The maximum Gasteiger partial charge on any atom is 0.332 e. The van der Waals surface area contributed by atoms with Crippen molar-refractivity contribution >= 4 is 17.4 Å². The van der Waals surface area contributed by atoms with Crippen molar-refractivity contribution in [1.82, 2.24) is 0 Å². The van der Waals surface area contributed by atoms with Crippen LogP contribution < -0.4 is 4.90 Å². The Morgan fingerprint density at radius 3 is 2.55 bits per heavy atom. The number of nitrogens with zero attached hydrogens (tertiary/aromatic N) is 1. The Hall–Kier alpha value is -2.14. The summed E-state index contributed by atoms with van der Waals surface area (Å²) in [5.41, 5.74) is 2.88. The maximum atomic E-state index is 12.1. The molecule has 0 fully saturated rings. The molecule has 0 atom stereocenters. The number of methoxy groups -OCH3 is 1. The van der Waals surface area contributed by atoms with Gasteiger partial charge in [0.25, 0.3) is 0 Å². The number of para-hydroxylation sites is 1. The minimum Gasteiger partial charge on any atom is -0.456 e. The molecular formula is C17H21NO4. The molecule has 0 aliphatic carbocycles. The van der Waals surface area contributed by atoms with Crippen LogP contribution in [-0.4, -0.2) is 39.1 Å². The number of esters is 1. The van der Waals surface area contributed by atoms with E-state index in [1.807, 2.05) is 30.1 Å². The summed E-state index contributed by atoms with van der Waals surface area (Å²) < 4.78 is 9.51. The van der Waals surface area contributed by atoms with Crippen molar-refractivity contribution in [3.63, 3.8) is 0 Å². The molecule has 22 heavy (non-hydrogen) atoms. The van der Waals surface area contributed by atoms with Crippen molar-refractivity contribution in [2.24, 2.45) is 0 Å². The molecule has 0 unspecified atom stereocenters. The van der Waals surface area contributed by atoms with Crippen molar-refractivity contribution in [3.8, 4) is 0 Å². The second-order valence-corrected chi connectivity index (χ2v) is 5.79. The largest absolute Gasteiger partial charge is 0.456 e. The zero-order chi connectivity index (χ0) is 16.3. The van der Waals surface area contributed by atoms with E-state index < -0.39 is 5.97 Å². The van der Waals surface area contributed by atoms with Crippen LogP contribution in [0.1, 0.15) is 19.4 Å². The fraction of sp³-hybridized carbons (Fsp3) is 0.412. The van der Waals surface area contributed by atoms with E-state index in [9.17, 15) is 9.59 Å². The molecule has 1 aliphatic heterocycles. The highest BCUT2D eigenvalue weighted by atomic mass is 16.6. The Bertz CT molecular complexity index is 619. The average molecular weight is 303 g/mol. The molecule has 0 saturated carbocycles. The molecule has 1 aliphatic rings. The first-order chi connectivity index (χ1) is 10.4. The summed E-state index contributed by atoms with van der Waals surface area (Å²) in [6.07, 6.45) is 1.56. The molecule has 2 rings (SSSR count). The van der Waals surface area contributed by atoms with Gasteiger partial charge in [0.15, 0.2) is 12.4 Å². The lowest BCUT2D eigenvalue weighted by atomic mass is 9.83. The van der Waals surface area contributed by atoms with Gasteiger partial charge in [0.1, 0.15) is 6.61 Å². The van der Waals surface area contributed by atoms with Gasteiger partial charge in [-0.05, 0) is 11.6 Å². The lowest BCUT2D eigenvalue weighted by Crippen LogP contribution is -2.25. The van der Waals surface area contributed by atoms with E-state index >= 15 is 0 Å². The van der Waals surface area contributed by atoms with Gasteiger partial charge >= 0.3 is 5.97 Å². The Kier molecular flexibility index (Phi) is 4.66. The van der Waals surface area contributed by atoms with Crippen LogP contribution in [0.5, 0.6) is 0 Å². The lowest BCUT2D eigenvalue weighted by molar-refractivity contribution is -0.150.